The maximum absolute atomic E-state index is 12.7. The van der Waals surface area contributed by atoms with Gasteiger partial charge in [0.05, 0.1) is 6.54 Å². The van der Waals surface area contributed by atoms with Crippen LogP contribution in [0.1, 0.15) is 31.2 Å². The summed E-state index contributed by atoms with van der Waals surface area (Å²) in [5.74, 6) is 4.95. The summed E-state index contributed by atoms with van der Waals surface area (Å²) in [7, 11) is 0. The minimum atomic E-state index is -0.593. The number of benzene rings is 1. The Bertz CT molecular complexity index is 622. The van der Waals surface area contributed by atoms with Crippen molar-refractivity contribution in [3.63, 3.8) is 0 Å². The molecule has 1 unspecified atom stereocenters. The van der Waals surface area contributed by atoms with Gasteiger partial charge in [0, 0.05) is 25.3 Å². The molecule has 2 amide bonds. The van der Waals surface area contributed by atoms with Crippen molar-refractivity contribution in [1.82, 2.24) is 10.2 Å². The largest absolute Gasteiger partial charge is 0.428 e. The summed E-state index contributed by atoms with van der Waals surface area (Å²) in [4.78, 5) is 32.4. The first-order valence-electron chi connectivity index (χ1n) is 8.98. The summed E-state index contributed by atoms with van der Waals surface area (Å²) in [6.07, 6.45) is 4.88. The number of hydrogen-bond donors (Lipinski definition) is 2. The summed E-state index contributed by atoms with van der Waals surface area (Å²) >= 11 is 0. The third-order valence-corrected chi connectivity index (χ3v) is 4.98. The van der Waals surface area contributed by atoms with Crippen molar-refractivity contribution in [1.29, 1.82) is 0 Å². The van der Waals surface area contributed by atoms with Crippen molar-refractivity contribution < 1.29 is 14.4 Å². The van der Waals surface area contributed by atoms with Crippen LogP contribution in [0.4, 0.5) is 10.5 Å². The van der Waals surface area contributed by atoms with Gasteiger partial charge < -0.3 is 20.0 Å². The SMILES string of the molecule is NOC(=O)N1CCN2c3cccc(c3)CCCCCCNC(=O)C2C1. The molecule has 3 N–H and O–H groups in total. The van der Waals surface area contributed by atoms with E-state index in [9.17, 15) is 9.59 Å². The van der Waals surface area contributed by atoms with Gasteiger partial charge >= 0.3 is 6.09 Å². The van der Waals surface area contributed by atoms with E-state index in [1.807, 2.05) is 12.1 Å². The average molecular weight is 346 g/mol. The molecule has 1 atom stereocenters. The Labute approximate surface area is 148 Å². The van der Waals surface area contributed by atoms with Gasteiger partial charge in [-0.2, -0.15) is 5.90 Å². The molecule has 7 nitrogen and oxygen atoms in total. The highest BCUT2D eigenvalue weighted by molar-refractivity contribution is 5.86. The standard InChI is InChI=1S/C18H26N4O3/c19-25-18(24)21-10-11-22-15-8-5-7-14(12-15)6-3-1-2-4-9-20-17(23)16(22)13-21/h5,7-8,12,16H,1-4,6,9-11,13,19H2,(H,20,23). The molecule has 1 aromatic rings. The van der Waals surface area contributed by atoms with Crippen LogP contribution in [0.15, 0.2) is 24.3 Å². The lowest BCUT2D eigenvalue weighted by Gasteiger charge is -2.41. The smallest absolute Gasteiger partial charge is 0.357 e. The van der Waals surface area contributed by atoms with Crippen molar-refractivity contribution in [2.24, 2.45) is 5.90 Å². The maximum atomic E-state index is 12.7. The minimum Gasteiger partial charge on any atom is -0.357 e. The number of nitrogens with two attached hydrogens (primary N) is 1. The molecule has 25 heavy (non-hydrogen) atoms. The highest BCUT2D eigenvalue weighted by Crippen LogP contribution is 2.24. The Morgan fingerprint density at radius 3 is 2.88 bits per heavy atom. The van der Waals surface area contributed by atoms with Crippen molar-refractivity contribution in [3.8, 4) is 0 Å². The predicted molar refractivity (Wildman–Crippen MR) is 95.0 cm³/mol. The summed E-state index contributed by atoms with van der Waals surface area (Å²) in [5.41, 5.74) is 2.32. The van der Waals surface area contributed by atoms with Crippen molar-refractivity contribution in [3.05, 3.63) is 29.8 Å². The molecule has 2 aliphatic rings. The number of amides is 2. The van der Waals surface area contributed by atoms with Gasteiger partial charge in [0.1, 0.15) is 6.04 Å². The quantitative estimate of drug-likeness (QED) is 0.694. The lowest BCUT2D eigenvalue weighted by molar-refractivity contribution is -0.123. The molecular formula is C18H26N4O3. The molecule has 0 aromatic heterocycles. The van der Waals surface area contributed by atoms with E-state index in [0.717, 1.165) is 31.4 Å². The molecule has 0 spiro atoms. The van der Waals surface area contributed by atoms with Crippen molar-refractivity contribution >= 4 is 17.7 Å². The van der Waals surface area contributed by atoms with Crippen LogP contribution in [0, 0.1) is 0 Å². The molecule has 0 aliphatic carbocycles. The minimum absolute atomic E-state index is 0.0563. The molecule has 0 saturated carbocycles. The molecule has 3 rings (SSSR count). The van der Waals surface area contributed by atoms with E-state index < -0.39 is 12.1 Å². The topological polar surface area (TPSA) is 87.9 Å². The van der Waals surface area contributed by atoms with Gasteiger partial charge in [0.2, 0.25) is 5.91 Å². The number of fused-ring (bicyclic) bond motifs is 4. The number of hydrogen-bond acceptors (Lipinski definition) is 5. The Hall–Kier alpha value is -2.28. The summed E-state index contributed by atoms with van der Waals surface area (Å²) in [5, 5.41) is 3.01. The molecule has 2 bridgehead atoms. The number of aryl methyl sites for hydroxylation is 1. The fraction of sp³-hybridized carbons (Fsp3) is 0.556. The maximum Gasteiger partial charge on any atom is 0.428 e. The van der Waals surface area contributed by atoms with Crippen LogP contribution >= 0.6 is 0 Å². The van der Waals surface area contributed by atoms with E-state index in [0.29, 0.717) is 19.6 Å². The second-order valence-corrected chi connectivity index (χ2v) is 6.66. The van der Waals surface area contributed by atoms with E-state index in [-0.39, 0.29) is 12.5 Å². The van der Waals surface area contributed by atoms with Crippen molar-refractivity contribution in [2.75, 3.05) is 31.1 Å². The molecule has 2 heterocycles. The van der Waals surface area contributed by atoms with Gasteiger partial charge in [-0.3, -0.25) is 4.79 Å². The van der Waals surface area contributed by atoms with Crippen LogP contribution < -0.4 is 16.1 Å². The second-order valence-electron chi connectivity index (χ2n) is 6.66. The number of rotatable bonds is 0. The molecule has 7 heteroatoms. The third kappa shape index (κ3) is 4.22. The molecule has 1 aromatic carbocycles. The Morgan fingerprint density at radius 2 is 2.04 bits per heavy atom. The monoisotopic (exact) mass is 346 g/mol. The van der Waals surface area contributed by atoms with Gasteiger partial charge in [0.25, 0.3) is 0 Å². The number of anilines is 1. The van der Waals surface area contributed by atoms with E-state index >= 15 is 0 Å². The Morgan fingerprint density at radius 1 is 1.20 bits per heavy atom. The predicted octanol–water partition coefficient (Wildman–Crippen LogP) is 1.42. The Kier molecular flexibility index (Phi) is 5.75. The molecule has 1 saturated heterocycles. The second kappa shape index (κ2) is 8.20. The highest BCUT2D eigenvalue weighted by atomic mass is 16.7. The zero-order chi connectivity index (χ0) is 17.6. The fourth-order valence-corrected chi connectivity index (χ4v) is 3.58. The van der Waals surface area contributed by atoms with E-state index in [1.165, 1.54) is 16.9 Å². The lowest BCUT2D eigenvalue weighted by Crippen LogP contribution is -2.60. The Balaban J connectivity index is 1.86. The average Bonchev–Trinajstić information content (AvgIpc) is 2.66. The van der Waals surface area contributed by atoms with Gasteiger partial charge in [-0.1, -0.05) is 25.0 Å². The normalized spacial score (nSPS) is 22.0. The van der Waals surface area contributed by atoms with Crippen LogP contribution in [0.5, 0.6) is 0 Å². The van der Waals surface area contributed by atoms with E-state index in [4.69, 9.17) is 5.90 Å². The van der Waals surface area contributed by atoms with Gasteiger partial charge in [-0.15, -0.1) is 0 Å². The summed E-state index contributed by atoms with van der Waals surface area (Å²) in [6, 6.07) is 7.93. The van der Waals surface area contributed by atoms with Crippen LogP contribution in [0.3, 0.4) is 0 Å². The summed E-state index contributed by atoms with van der Waals surface area (Å²) < 4.78 is 0. The molecule has 0 radical (unpaired) electrons. The van der Waals surface area contributed by atoms with Crippen LogP contribution in [-0.4, -0.2) is 49.1 Å². The van der Waals surface area contributed by atoms with Gasteiger partial charge in [-0.25, -0.2) is 4.79 Å². The zero-order valence-electron chi connectivity index (χ0n) is 14.4. The molecule has 136 valence electrons. The molecule has 1 fully saturated rings. The zero-order valence-corrected chi connectivity index (χ0v) is 14.4. The van der Waals surface area contributed by atoms with Crippen LogP contribution in [0.25, 0.3) is 0 Å². The first-order chi connectivity index (χ1) is 12.2. The highest BCUT2D eigenvalue weighted by Gasteiger charge is 2.35. The third-order valence-electron chi connectivity index (χ3n) is 4.98. The van der Waals surface area contributed by atoms with Crippen molar-refractivity contribution in [2.45, 2.75) is 38.1 Å². The van der Waals surface area contributed by atoms with Gasteiger partial charge in [0.15, 0.2) is 0 Å². The van der Waals surface area contributed by atoms with Crippen LogP contribution in [-0.2, 0) is 16.1 Å². The molecule has 2 aliphatic heterocycles. The van der Waals surface area contributed by atoms with Crippen LogP contribution in [0.2, 0.25) is 0 Å². The number of piperazine rings is 1. The molecular weight excluding hydrogens is 320 g/mol. The lowest BCUT2D eigenvalue weighted by atomic mass is 10.0. The number of carbonyl (C=O) groups is 2. The van der Waals surface area contributed by atoms with E-state index in [2.05, 4.69) is 27.2 Å². The fourth-order valence-electron chi connectivity index (χ4n) is 3.58. The number of carbonyl (C=O) groups excluding carboxylic acids is 2. The number of nitrogens with one attached hydrogen (secondary N) is 1. The van der Waals surface area contributed by atoms with Gasteiger partial charge in [-0.05, 0) is 37.0 Å². The first-order valence-corrected chi connectivity index (χ1v) is 8.98. The number of nitrogens with zero attached hydrogens (tertiary/aromatic N) is 2. The summed E-state index contributed by atoms with van der Waals surface area (Å²) in [6.45, 7) is 1.98. The van der Waals surface area contributed by atoms with E-state index in [1.54, 1.807) is 0 Å². The first kappa shape index (κ1) is 17.5.